The molecule has 2 aromatic carbocycles. The lowest BCUT2D eigenvalue weighted by Gasteiger charge is -2.32. The SMILES string of the molecule is NC1(c2cccc(-c3cccc([N+](=O)[O-])c3)c2)N=CC=C(NCCCN2CCCN2)N1. The third-order valence-corrected chi connectivity index (χ3v) is 5.40. The molecular formula is C22H27N7O2. The zero-order chi connectivity index (χ0) is 21.7. The molecule has 0 saturated carbocycles. The van der Waals surface area contributed by atoms with E-state index in [9.17, 15) is 10.1 Å². The number of nitrogens with zero attached hydrogens (tertiary/aromatic N) is 3. The van der Waals surface area contributed by atoms with E-state index in [0.717, 1.165) is 55.1 Å². The maximum atomic E-state index is 11.1. The largest absolute Gasteiger partial charge is 0.372 e. The Balaban J connectivity index is 1.42. The highest BCUT2D eigenvalue weighted by molar-refractivity contribution is 5.74. The van der Waals surface area contributed by atoms with Crippen LogP contribution >= 0.6 is 0 Å². The second kappa shape index (κ2) is 9.25. The van der Waals surface area contributed by atoms with E-state index in [0.29, 0.717) is 0 Å². The van der Waals surface area contributed by atoms with Gasteiger partial charge in [-0.15, -0.1) is 0 Å². The molecule has 9 nitrogen and oxygen atoms in total. The Hall–Kier alpha value is -3.27. The lowest BCUT2D eigenvalue weighted by Crippen LogP contribution is -2.52. The molecule has 1 fully saturated rings. The van der Waals surface area contributed by atoms with Crippen molar-refractivity contribution in [2.24, 2.45) is 10.7 Å². The first-order valence-corrected chi connectivity index (χ1v) is 10.4. The number of allylic oxidation sites excluding steroid dienone is 1. The van der Waals surface area contributed by atoms with Crippen LogP contribution in [0, 0.1) is 10.1 Å². The van der Waals surface area contributed by atoms with E-state index in [1.165, 1.54) is 12.5 Å². The second-order valence-corrected chi connectivity index (χ2v) is 7.67. The van der Waals surface area contributed by atoms with E-state index in [1.54, 1.807) is 18.3 Å². The molecule has 0 bridgehead atoms. The summed E-state index contributed by atoms with van der Waals surface area (Å²) >= 11 is 0. The average Bonchev–Trinajstić information content (AvgIpc) is 3.31. The molecule has 31 heavy (non-hydrogen) atoms. The van der Waals surface area contributed by atoms with Crippen LogP contribution in [-0.2, 0) is 5.79 Å². The fraction of sp³-hybridized carbons (Fsp3) is 0.318. The summed E-state index contributed by atoms with van der Waals surface area (Å²) in [5.74, 6) is -0.308. The van der Waals surface area contributed by atoms with Gasteiger partial charge in [-0.2, -0.15) is 0 Å². The predicted molar refractivity (Wildman–Crippen MR) is 121 cm³/mol. The van der Waals surface area contributed by atoms with Gasteiger partial charge in [0.25, 0.3) is 5.69 Å². The molecule has 4 rings (SSSR count). The van der Waals surface area contributed by atoms with Gasteiger partial charge in [0.15, 0.2) is 0 Å². The molecule has 2 heterocycles. The summed E-state index contributed by atoms with van der Waals surface area (Å²) in [5.41, 5.74) is 12.3. The highest BCUT2D eigenvalue weighted by Crippen LogP contribution is 2.28. The Labute approximate surface area is 181 Å². The molecule has 2 aromatic rings. The van der Waals surface area contributed by atoms with Gasteiger partial charge in [-0.05, 0) is 36.1 Å². The van der Waals surface area contributed by atoms with E-state index in [-0.39, 0.29) is 5.69 Å². The van der Waals surface area contributed by atoms with Gasteiger partial charge in [0, 0.05) is 50.1 Å². The number of nitro benzene ring substituents is 1. The second-order valence-electron chi connectivity index (χ2n) is 7.67. The lowest BCUT2D eigenvalue weighted by atomic mass is 9.99. The smallest absolute Gasteiger partial charge is 0.270 e. The van der Waals surface area contributed by atoms with Crippen molar-refractivity contribution in [3.63, 3.8) is 0 Å². The molecule has 1 saturated heterocycles. The molecule has 5 N–H and O–H groups in total. The van der Waals surface area contributed by atoms with Crippen LogP contribution in [0.5, 0.6) is 0 Å². The van der Waals surface area contributed by atoms with Crippen molar-refractivity contribution in [2.45, 2.75) is 18.6 Å². The van der Waals surface area contributed by atoms with Crippen molar-refractivity contribution in [1.82, 2.24) is 21.1 Å². The maximum Gasteiger partial charge on any atom is 0.270 e. The number of nitrogens with two attached hydrogens (primary N) is 1. The number of benzene rings is 2. The zero-order valence-electron chi connectivity index (χ0n) is 17.3. The molecule has 0 aromatic heterocycles. The Morgan fingerprint density at radius 2 is 2.03 bits per heavy atom. The predicted octanol–water partition coefficient (Wildman–Crippen LogP) is 2.04. The van der Waals surface area contributed by atoms with Crippen molar-refractivity contribution < 1.29 is 4.92 Å². The maximum absolute atomic E-state index is 11.1. The van der Waals surface area contributed by atoms with Crippen LogP contribution in [0.1, 0.15) is 18.4 Å². The molecule has 0 spiro atoms. The van der Waals surface area contributed by atoms with Crippen LogP contribution in [0.15, 0.2) is 65.4 Å². The molecule has 2 aliphatic heterocycles. The van der Waals surface area contributed by atoms with Gasteiger partial charge in [0.2, 0.25) is 5.79 Å². The van der Waals surface area contributed by atoms with Crippen molar-refractivity contribution >= 4 is 11.9 Å². The highest BCUT2D eigenvalue weighted by atomic mass is 16.6. The molecule has 1 atom stereocenters. The third kappa shape index (κ3) is 5.08. The summed E-state index contributed by atoms with van der Waals surface area (Å²) < 4.78 is 0. The summed E-state index contributed by atoms with van der Waals surface area (Å²) in [6.45, 7) is 3.96. The monoisotopic (exact) mass is 421 g/mol. The third-order valence-electron chi connectivity index (χ3n) is 5.40. The number of hydrogen-bond acceptors (Lipinski definition) is 8. The Bertz CT molecular complexity index is 1000. The van der Waals surface area contributed by atoms with Crippen LogP contribution in [-0.4, -0.2) is 42.3 Å². The van der Waals surface area contributed by atoms with E-state index in [2.05, 4.69) is 26.1 Å². The minimum absolute atomic E-state index is 0.0535. The number of rotatable bonds is 8. The first-order chi connectivity index (χ1) is 15.0. The fourth-order valence-electron chi connectivity index (χ4n) is 3.76. The van der Waals surface area contributed by atoms with Gasteiger partial charge in [-0.1, -0.05) is 30.3 Å². The topological polar surface area (TPSA) is 121 Å². The molecule has 0 radical (unpaired) electrons. The number of non-ortho nitro benzene ring substituents is 1. The molecule has 1 unspecified atom stereocenters. The number of aliphatic imine (C=N–C) groups is 1. The van der Waals surface area contributed by atoms with Crippen LogP contribution in [0.4, 0.5) is 5.69 Å². The molecule has 9 heteroatoms. The average molecular weight is 422 g/mol. The minimum atomic E-state index is -1.12. The summed E-state index contributed by atoms with van der Waals surface area (Å²) in [6.07, 6.45) is 5.76. The van der Waals surface area contributed by atoms with Crippen molar-refractivity contribution in [1.29, 1.82) is 0 Å². The number of nitrogens with one attached hydrogen (secondary N) is 3. The standard InChI is InChI=1S/C22H27N7O2/c23-22(25-12-9-21(27-22)24-10-3-13-28-14-4-11-26-28)19-7-1-5-17(15-19)18-6-2-8-20(16-18)29(30)31/h1-2,5-9,12,15-16,24,26-27H,3-4,10-11,13-14,23H2. The van der Waals surface area contributed by atoms with E-state index in [1.807, 2.05) is 36.4 Å². The minimum Gasteiger partial charge on any atom is -0.372 e. The Kier molecular flexibility index (Phi) is 6.26. The van der Waals surface area contributed by atoms with Gasteiger partial charge in [-0.25, -0.2) is 10.0 Å². The fourth-order valence-corrected chi connectivity index (χ4v) is 3.76. The van der Waals surface area contributed by atoms with Gasteiger partial charge >= 0.3 is 0 Å². The summed E-state index contributed by atoms with van der Waals surface area (Å²) in [7, 11) is 0. The van der Waals surface area contributed by atoms with Crippen LogP contribution in [0.3, 0.4) is 0 Å². The number of hydrazine groups is 1. The van der Waals surface area contributed by atoms with Crippen LogP contribution in [0.25, 0.3) is 11.1 Å². The van der Waals surface area contributed by atoms with Crippen LogP contribution < -0.4 is 21.8 Å². The normalized spacial score (nSPS) is 20.9. The van der Waals surface area contributed by atoms with Gasteiger partial charge < -0.3 is 10.6 Å². The van der Waals surface area contributed by atoms with Gasteiger partial charge in [0.1, 0.15) is 5.82 Å². The van der Waals surface area contributed by atoms with Crippen molar-refractivity contribution in [3.05, 3.63) is 76.1 Å². The van der Waals surface area contributed by atoms with Crippen molar-refractivity contribution in [3.8, 4) is 11.1 Å². The Morgan fingerprint density at radius 3 is 2.81 bits per heavy atom. The first kappa shape index (κ1) is 21.0. The Morgan fingerprint density at radius 1 is 1.23 bits per heavy atom. The van der Waals surface area contributed by atoms with Crippen molar-refractivity contribution in [2.75, 3.05) is 26.2 Å². The van der Waals surface area contributed by atoms with Gasteiger partial charge in [0.05, 0.1) is 4.92 Å². The zero-order valence-corrected chi connectivity index (χ0v) is 17.3. The summed E-state index contributed by atoms with van der Waals surface area (Å²) in [4.78, 5) is 15.2. The first-order valence-electron chi connectivity index (χ1n) is 10.4. The van der Waals surface area contributed by atoms with E-state index in [4.69, 9.17) is 5.73 Å². The number of hydrogen-bond donors (Lipinski definition) is 4. The summed E-state index contributed by atoms with van der Waals surface area (Å²) in [6, 6.07) is 14.1. The summed E-state index contributed by atoms with van der Waals surface area (Å²) in [5, 5.41) is 20.0. The van der Waals surface area contributed by atoms with Gasteiger partial charge in [-0.3, -0.25) is 21.3 Å². The molecule has 162 valence electrons. The molecule has 0 aliphatic carbocycles. The highest BCUT2D eigenvalue weighted by Gasteiger charge is 2.29. The number of nitro groups is 1. The van der Waals surface area contributed by atoms with E-state index < -0.39 is 10.7 Å². The molecular weight excluding hydrogens is 394 g/mol. The van der Waals surface area contributed by atoms with Crippen LogP contribution in [0.2, 0.25) is 0 Å². The molecule has 0 amide bonds. The van der Waals surface area contributed by atoms with E-state index >= 15 is 0 Å². The quantitative estimate of drug-likeness (QED) is 0.292. The lowest BCUT2D eigenvalue weighted by molar-refractivity contribution is -0.384. The molecule has 2 aliphatic rings.